The van der Waals surface area contributed by atoms with Gasteiger partial charge in [0.2, 0.25) is 10.0 Å². The van der Waals surface area contributed by atoms with Gasteiger partial charge < -0.3 is 9.84 Å². The van der Waals surface area contributed by atoms with Crippen LogP contribution in [0.3, 0.4) is 0 Å². The monoisotopic (exact) mass is 558 g/mol. The van der Waals surface area contributed by atoms with Gasteiger partial charge in [-0.15, -0.1) is 0 Å². The fourth-order valence-electron chi connectivity index (χ4n) is 4.89. The summed E-state index contributed by atoms with van der Waals surface area (Å²) in [5, 5.41) is 11.4. The van der Waals surface area contributed by atoms with Gasteiger partial charge in [-0.2, -0.15) is 0 Å². The van der Waals surface area contributed by atoms with Crippen LogP contribution in [0.2, 0.25) is 0 Å². The SMILES string of the molecule is Cc1cc(-c2cc(C(C)(C)O)ccc2Oc2c(C)cc(F)cc2C)c2ccn(S(=O)(=O)Cc3ccccc3)c2n1. The van der Waals surface area contributed by atoms with E-state index in [9.17, 15) is 17.9 Å². The third-order valence-corrected chi connectivity index (χ3v) is 8.45. The highest BCUT2D eigenvalue weighted by Crippen LogP contribution is 2.41. The van der Waals surface area contributed by atoms with E-state index < -0.39 is 15.6 Å². The molecule has 5 aromatic rings. The normalized spacial score (nSPS) is 12.2. The number of aryl methyl sites for hydroxylation is 3. The summed E-state index contributed by atoms with van der Waals surface area (Å²) in [6.07, 6.45) is 1.52. The number of aliphatic hydroxyl groups is 1. The number of benzene rings is 3. The van der Waals surface area contributed by atoms with Gasteiger partial charge in [0, 0.05) is 22.8 Å². The number of ether oxygens (including phenoxy) is 1. The summed E-state index contributed by atoms with van der Waals surface area (Å²) in [7, 11) is -3.77. The van der Waals surface area contributed by atoms with Crippen molar-refractivity contribution >= 4 is 21.1 Å². The minimum atomic E-state index is -3.77. The van der Waals surface area contributed by atoms with Crippen LogP contribution in [0, 0.1) is 26.6 Å². The fourth-order valence-corrected chi connectivity index (χ4v) is 6.29. The van der Waals surface area contributed by atoms with Crippen LogP contribution in [0.1, 0.15) is 41.8 Å². The molecule has 3 aromatic carbocycles. The van der Waals surface area contributed by atoms with Gasteiger partial charge in [0.1, 0.15) is 17.3 Å². The summed E-state index contributed by atoms with van der Waals surface area (Å²) in [4.78, 5) is 4.60. The minimum absolute atomic E-state index is 0.172. The van der Waals surface area contributed by atoms with Crippen molar-refractivity contribution in [3.05, 3.63) is 113 Å². The van der Waals surface area contributed by atoms with E-state index >= 15 is 0 Å². The molecule has 206 valence electrons. The molecule has 0 saturated heterocycles. The molecule has 0 unspecified atom stereocenters. The fraction of sp³-hybridized carbons (Fsp3) is 0.219. The van der Waals surface area contributed by atoms with Crippen molar-refractivity contribution in [2.45, 2.75) is 46.0 Å². The van der Waals surface area contributed by atoms with Gasteiger partial charge >= 0.3 is 0 Å². The summed E-state index contributed by atoms with van der Waals surface area (Å²) in [6.45, 7) is 8.76. The second-order valence-electron chi connectivity index (χ2n) is 10.6. The number of halogens is 1. The minimum Gasteiger partial charge on any atom is -0.456 e. The molecule has 0 amide bonds. The van der Waals surface area contributed by atoms with Crippen LogP contribution in [0.15, 0.2) is 79.0 Å². The van der Waals surface area contributed by atoms with Crippen molar-refractivity contribution < 1.29 is 22.7 Å². The van der Waals surface area contributed by atoms with Gasteiger partial charge in [-0.05, 0) is 98.8 Å². The first-order chi connectivity index (χ1) is 18.8. The van der Waals surface area contributed by atoms with Gasteiger partial charge in [-0.3, -0.25) is 0 Å². The lowest BCUT2D eigenvalue weighted by molar-refractivity contribution is 0.0786. The maximum Gasteiger partial charge on any atom is 0.244 e. The van der Waals surface area contributed by atoms with Crippen LogP contribution in [0.5, 0.6) is 11.5 Å². The largest absolute Gasteiger partial charge is 0.456 e. The average molecular weight is 559 g/mol. The van der Waals surface area contributed by atoms with E-state index in [0.717, 1.165) is 0 Å². The Morgan fingerprint density at radius 3 is 2.25 bits per heavy atom. The van der Waals surface area contributed by atoms with Gasteiger partial charge in [-0.1, -0.05) is 36.4 Å². The van der Waals surface area contributed by atoms with Crippen LogP contribution in [-0.4, -0.2) is 22.5 Å². The van der Waals surface area contributed by atoms with Crippen LogP contribution in [0.4, 0.5) is 4.39 Å². The van der Waals surface area contributed by atoms with Gasteiger partial charge in [0.05, 0.1) is 11.4 Å². The zero-order valence-electron chi connectivity index (χ0n) is 23.1. The average Bonchev–Trinajstić information content (AvgIpc) is 3.30. The first-order valence-corrected chi connectivity index (χ1v) is 14.5. The number of fused-ring (bicyclic) bond motifs is 1. The summed E-state index contributed by atoms with van der Waals surface area (Å²) < 4.78 is 48.5. The van der Waals surface area contributed by atoms with Crippen LogP contribution < -0.4 is 4.74 Å². The Labute approximate surface area is 233 Å². The van der Waals surface area contributed by atoms with Crippen molar-refractivity contribution in [1.29, 1.82) is 0 Å². The summed E-state index contributed by atoms with van der Waals surface area (Å²) in [6, 6.07) is 20.8. The highest BCUT2D eigenvalue weighted by Gasteiger charge is 2.24. The maximum atomic E-state index is 14.0. The van der Waals surface area contributed by atoms with Crippen molar-refractivity contribution in [3.8, 4) is 22.6 Å². The number of aromatic nitrogens is 2. The van der Waals surface area contributed by atoms with Crippen LogP contribution >= 0.6 is 0 Å². The highest BCUT2D eigenvalue weighted by molar-refractivity contribution is 7.89. The zero-order valence-corrected chi connectivity index (χ0v) is 23.9. The Balaban J connectivity index is 1.70. The predicted molar refractivity (Wildman–Crippen MR) is 156 cm³/mol. The van der Waals surface area contributed by atoms with E-state index in [-0.39, 0.29) is 11.6 Å². The topological polar surface area (TPSA) is 81.4 Å². The van der Waals surface area contributed by atoms with E-state index in [2.05, 4.69) is 4.98 Å². The van der Waals surface area contributed by atoms with Crippen LogP contribution in [0.25, 0.3) is 22.2 Å². The first-order valence-electron chi connectivity index (χ1n) is 12.9. The molecule has 0 aliphatic carbocycles. The molecule has 0 aliphatic heterocycles. The molecule has 0 radical (unpaired) electrons. The second kappa shape index (κ2) is 10.2. The van der Waals surface area contributed by atoms with Crippen molar-refractivity contribution in [2.75, 3.05) is 0 Å². The maximum absolute atomic E-state index is 14.0. The molecule has 0 fully saturated rings. The Morgan fingerprint density at radius 1 is 0.925 bits per heavy atom. The highest BCUT2D eigenvalue weighted by atomic mass is 32.2. The molecule has 40 heavy (non-hydrogen) atoms. The van der Waals surface area contributed by atoms with Gasteiger partial charge in [-0.25, -0.2) is 21.8 Å². The molecule has 0 spiro atoms. The molecule has 0 atom stereocenters. The van der Waals surface area contributed by atoms with Crippen molar-refractivity contribution in [2.24, 2.45) is 0 Å². The molecule has 8 heteroatoms. The lowest BCUT2D eigenvalue weighted by Gasteiger charge is -2.22. The third-order valence-electron chi connectivity index (χ3n) is 6.86. The molecular formula is C32H31FN2O4S. The first kappa shape index (κ1) is 27.6. The summed E-state index contributed by atoms with van der Waals surface area (Å²) >= 11 is 0. The smallest absolute Gasteiger partial charge is 0.244 e. The molecule has 5 rings (SSSR count). The molecule has 6 nitrogen and oxygen atoms in total. The summed E-state index contributed by atoms with van der Waals surface area (Å²) in [5.41, 5.74) is 3.75. The van der Waals surface area contributed by atoms with Gasteiger partial charge in [0.15, 0.2) is 5.65 Å². The zero-order chi connectivity index (χ0) is 28.8. The Bertz CT molecular complexity index is 1820. The van der Waals surface area contributed by atoms with Crippen molar-refractivity contribution in [1.82, 2.24) is 8.96 Å². The predicted octanol–water partition coefficient (Wildman–Crippen LogP) is 7.17. The Kier molecular flexibility index (Phi) is 7.02. The third kappa shape index (κ3) is 5.37. The molecule has 1 N–H and O–H groups in total. The van der Waals surface area contributed by atoms with E-state index in [1.807, 2.05) is 18.2 Å². The lowest BCUT2D eigenvalue weighted by Crippen LogP contribution is -2.15. The van der Waals surface area contributed by atoms with Gasteiger partial charge in [0.25, 0.3) is 0 Å². The van der Waals surface area contributed by atoms with Crippen molar-refractivity contribution in [3.63, 3.8) is 0 Å². The van der Waals surface area contributed by atoms with E-state index in [1.54, 1.807) is 77.1 Å². The van der Waals surface area contributed by atoms with Crippen LogP contribution in [-0.2, 0) is 21.4 Å². The molecular weight excluding hydrogens is 527 g/mol. The second-order valence-corrected chi connectivity index (χ2v) is 12.5. The number of hydrogen-bond donors (Lipinski definition) is 1. The number of nitrogens with zero attached hydrogens (tertiary/aromatic N) is 2. The number of hydrogen-bond acceptors (Lipinski definition) is 5. The Hall–Kier alpha value is -4.01. The molecule has 0 saturated carbocycles. The molecule has 0 aliphatic rings. The molecule has 2 aromatic heterocycles. The van der Waals surface area contributed by atoms with E-state index in [4.69, 9.17) is 4.74 Å². The lowest BCUT2D eigenvalue weighted by atomic mass is 9.92. The quantitative estimate of drug-likeness (QED) is 0.229. The Morgan fingerprint density at radius 2 is 1.60 bits per heavy atom. The standard InChI is InChI=1S/C32H31FN2O4S/c1-20-15-25(33)16-21(2)30(20)39-29-12-11-24(32(4,5)36)18-28(29)27-17-22(3)34-31-26(27)13-14-35(31)40(37,38)19-23-9-7-6-8-10-23/h6-18,36H,19H2,1-5H3. The van der Waals surface area contributed by atoms with E-state index in [0.29, 0.717) is 61.6 Å². The number of rotatable bonds is 7. The summed E-state index contributed by atoms with van der Waals surface area (Å²) in [5.74, 6) is 0.500. The number of pyridine rings is 1. The molecule has 0 bridgehead atoms. The molecule has 2 heterocycles. The van der Waals surface area contributed by atoms with E-state index in [1.165, 1.54) is 22.3 Å².